The second-order valence-electron chi connectivity index (χ2n) is 6.40. The van der Waals surface area contributed by atoms with E-state index in [1.165, 1.54) is 0 Å². The van der Waals surface area contributed by atoms with Crippen molar-refractivity contribution in [3.8, 4) is 0 Å². The Labute approximate surface area is 126 Å². The van der Waals surface area contributed by atoms with Crippen molar-refractivity contribution in [2.45, 2.75) is 33.3 Å². The third kappa shape index (κ3) is 3.33. The van der Waals surface area contributed by atoms with E-state index in [0.29, 0.717) is 0 Å². The summed E-state index contributed by atoms with van der Waals surface area (Å²) in [5.74, 6) is -0.210. The summed E-state index contributed by atoms with van der Waals surface area (Å²) in [6.07, 6.45) is 0. The quantitative estimate of drug-likeness (QED) is 0.773. The first-order valence-electron chi connectivity index (χ1n) is 7.18. The summed E-state index contributed by atoms with van der Waals surface area (Å²) < 4.78 is 5.94. The van der Waals surface area contributed by atoms with Gasteiger partial charge in [0, 0.05) is 0 Å². The van der Waals surface area contributed by atoms with Gasteiger partial charge in [0.25, 0.3) is 0 Å². The molecule has 2 heteroatoms. The number of esters is 1. The molecule has 0 aromatic heterocycles. The molecule has 0 aliphatic rings. The van der Waals surface area contributed by atoms with Crippen LogP contribution >= 0.6 is 0 Å². The largest absolute Gasteiger partial charge is 0.449 e. The number of rotatable bonds is 3. The fourth-order valence-electron chi connectivity index (χ4n) is 2.14. The minimum Gasteiger partial charge on any atom is -0.449 e. The number of carbonyl (C=O) groups excluding carboxylic acids is 1. The van der Waals surface area contributed by atoms with Gasteiger partial charge in [-0.25, -0.2) is 0 Å². The van der Waals surface area contributed by atoms with Crippen LogP contribution in [0.3, 0.4) is 0 Å². The van der Waals surface area contributed by atoms with Crippen molar-refractivity contribution in [2.75, 3.05) is 0 Å². The minimum atomic E-state index is -0.785. The van der Waals surface area contributed by atoms with E-state index in [2.05, 4.69) is 0 Å². The van der Waals surface area contributed by atoms with Crippen LogP contribution < -0.4 is 0 Å². The number of benzene rings is 2. The summed E-state index contributed by atoms with van der Waals surface area (Å²) in [5, 5.41) is 0. The molecule has 0 heterocycles. The molecule has 0 aliphatic heterocycles. The predicted octanol–water partition coefficient (Wildman–Crippen LogP) is 4.54. The van der Waals surface area contributed by atoms with E-state index in [1.807, 2.05) is 88.4 Å². The van der Waals surface area contributed by atoms with Gasteiger partial charge in [0.05, 0.1) is 5.41 Å². The van der Waals surface area contributed by atoms with Crippen LogP contribution in [0.25, 0.3) is 0 Å². The highest BCUT2D eigenvalue weighted by Crippen LogP contribution is 2.35. The molecule has 0 fully saturated rings. The summed E-state index contributed by atoms with van der Waals surface area (Å²) >= 11 is 0. The molecular weight excluding hydrogens is 260 g/mol. The van der Waals surface area contributed by atoms with Gasteiger partial charge in [0.2, 0.25) is 0 Å². The van der Waals surface area contributed by atoms with Crippen molar-refractivity contribution in [1.82, 2.24) is 0 Å². The Balaban J connectivity index is 2.48. The van der Waals surface area contributed by atoms with Crippen LogP contribution in [0.1, 0.15) is 38.8 Å². The van der Waals surface area contributed by atoms with Gasteiger partial charge in [0.15, 0.2) is 5.60 Å². The maximum atomic E-state index is 12.4. The molecule has 0 bridgehead atoms. The molecule has 0 aliphatic carbocycles. The molecule has 2 aromatic rings. The van der Waals surface area contributed by atoms with Crippen molar-refractivity contribution >= 4 is 5.97 Å². The van der Waals surface area contributed by atoms with Crippen LogP contribution in [0.15, 0.2) is 60.7 Å². The van der Waals surface area contributed by atoms with Gasteiger partial charge in [-0.05, 0) is 38.8 Å². The Kier molecular flexibility index (Phi) is 4.17. The maximum Gasteiger partial charge on any atom is 0.312 e. The van der Waals surface area contributed by atoms with E-state index in [9.17, 15) is 4.79 Å². The van der Waals surface area contributed by atoms with Crippen LogP contribution in [0.5, 0.6) is 0 Å². The zero-order valence-electron chi connectivity index (χ0n) is 13.1. The van der Waals surface area contributed by atoms with Crippen molar-refractivity contribution in [2.24, 2.45) is 5.41 Å². The highest BCUT2D eigenvalue weighted by atomic mass is 16.6. The topological polar surface area (TPSA) is 26.3 Å². The molecule has 0 spiro atoms. The second-order valence-corrected chi connectivity index (χ2v) is 6.40. The summed E-state index contributed by atoms with van der Waals surface area (Å²) in [4.78, 5) is 12.4. The Morgan fingerprint density at radius 1 is 0.762 bits per heavy atom. The molecule has 2 nitrogen and oxygen atoms in total. The van der Waals surface area contributed by atoms with Gasteiger partial charge >= 0.3 is 5.97 Å². The number of hydrogen-bond acceptors (Lipinski definition) is 2. The molecule has 0 saturated carbocycles. The second kappa shape index (κ2) is 5.72. The van der Waals surface area contributed by atoms with Gasteiger partial charge < -0.3 is 4.74 Å². The van der Waals surface area contributed by atoms with Gasteiger partial charge in [-0.15, -0.1) is 0 Å². The van der Waals surface area contributed by atoms with E-state index >= 15 is 0 Å². The Morgan fingerprint density at radius 2 is 1.14 bits per heavy atom. The summed E-state index contributed by atoms with van der Waals surface area (Å²) in [7, 11) is 0. The van der Waals surface area contributed by atoms with E-state index < -0.39 is 11.0 Å². The highest BCUT2D eigenvalue weighted by Gasteiger charge is 2.36. The normalized spacial score (nSPS) is 12.0. The molecule has 0 radical (unpaired) electrons. The van der Waals surface area contributed by atoms with Crippen LogP contribution in [-0.2, 0) is 15.1 Å². The molecule has 110 valence electrons. The number of ether oxygens (including phenoxy) is 1. The Morgan fingerprint density at radius 3 is 1.48 bits per heavy atom. The molecule has 2 rings (SSSR count). The van der Waals surface area contributed by atoms with E-state index in [4.69, 9.17) is 4.74 Å². The average Bonchev–Trinajstić information content (AvgIpc) is 2.48. The van der Waals surface area contributed by atoms with Crippen LogP contribution in [0, 0.1) is 5.41 Å². The van der Waals surface area contributed by atoms with E-state index in [-0.39, 0.29) is 5.97 Å². The Hall–Kier alpha value is -2.09. The molecular formula is C19H22O2. The molecule has 2 aromatic carbocycles. The van der Waals surface area contributed by atoms with Crippen LogP contribution in [0.2, 0.25) is 0 Å². The molecule has 0 N–H and O–H groups in total. The molecule has 0 atom stereocenters. The molecule has 0 unspecified atom stereocenters. The lowest BCUT2D eigenvalue weighted by Crippen LogP contribution is -2.35. The van der Waals surface area contributed by atoms with Gasteiger partial charge in [-0.2, -0.15) is 0 Å². The molecule has 0 saturated heterocycles. The third-order valence-corrected chi connectivity index (χ3v) is 3.56. The first-order valence-corrected chi connectivity index (χ1v) is 7.18. The van der Waals surface area contributed by atoms with Crippen molar-refractivity contribution in [1.29, 1.82) is 0 Å². The zero-order chi connectivity index (χ0) is 15.5. The van der Waals surface area contributed by atoms with Gasteiger partial charge in [0.1, 0.15) is 0 Å². The first-order chi connectivity index (χ1) is 9.84. The van der Waals surface area contributed by atoms with Gasteiger partial charge in [-0.3, -0.25) is 4.79 Å². The Bertz CT molecular complexity index is 555. The fourth-order valence-corrected chi connectivity index (χ4v) is 2.14. The van der Waals surface area contributed by atoms with Crippen LogP contribution in [-0.4, -0.2) is 5.97 Å². The van der Waals surface area contributed by atoms with Crippen LogP contribution in [0.4, 0.5) is 0 Å². The lowest BCUT2D eigenvalue weighted by Gasteiger charge is -2.33. The lowest BCUT2D eigenvalue weighted by atomic mass is 9.87. The number of hydrogen-bond donors (Lipinski definition) is 0. The van der Waals surface area contributed by atoms with Crippen molar-refractivity contribution < 1.29 is 9.53 Å². The summed E-state index contributed by atoms with van der Waals surface area (Å²) in [5.41, 5.74) is 0.611. The smallest absolute Gasteiger partial charge is 0.312 e. The standard InChI is InChI=1S/C19H22O2/c1-18(2,3)17(20)21-19(4,15-11-7-5-8-12-15)16-13-9-6-10-14-16/h5-14H,1-4H3. The van der Waals surface area contributed by atoms with Crippen molar-refractivity contribution in [3.05, 3.63) is 71.8 Å². The minimum absolute atomic E-state index is 0.210. The fraction of sp³-hybridized carbons (Fsp3) is 0.316. The number of carbonyl (C=O) groups is 1. The summed E-state index contributed by atoms with van der Waals surface area (Å²) in [6.45, 7) is 7.55. The summed E-state index contributed by atoms with van der Waals surface area (Å²) in [6, 6.07) is 19.7. The molecule has 21 heavy (non-hydrogen) atoms. The monoisotopic (exact) mass is 282 g/mol. The highest BCUT2D eigenvalue weighted by molar-refractivity contribution is 5.76. The van der Waals surface area contributed by atoms with Crippen molar-refractivity contribution in [3.63, 3.8) is 0 Å². The first kappa shape index (κ1) is 15.3. The lowest BCUT2D eigenvalue weighted by molar-refractivity contribution is -0.165. The molecule has 0 amide bonds. The maximum absolute atomic E-state index is 12.4. The van der Waals surface area contributed by atoms with E-state index in [1.54, 1.807) is 0 Å². The average molecular weight is 282 g/mol. The third-order valence-electron chi connectivity index (χ3n) is 3.56. The van der Waals surface area contributed by atoms with Gasteiger partial charge in [-0.1, -0.05) is 60.7 Å². The SMILES string of the molecule is CC(C)(C)C(=O)OC(C)(c1ccccc1)c1ccccc1. The predicted molar refractivity (Wildman–Crippen MR) is 84.9 cm³/mol. The van der Waals surface area contributed by atoms with E-state index in [0.717, 1.165) is 11.1 Å². The zero-order valence-corrected chi connectivity index (χ0v) is 13.1.